The van der Waals surface area contributed by atoms with Crippen LogP contribution in [-0.2, 0) is 14.3 Å². The third kappa shape index (κ3) is 13.9. The Hall–Kier alpha value is -3.27. The van der Waals surface area contributed by atoms with E-state index in [1.807, 2.05) is 30.3 Å². The molecule has 1 amide bonds. The van der Waals surface area contributed by atoms with Crippen LogP contribution in [0, 0.1) is 10.8 Å². The van der Waals surface area contributed by atoms with Crippen molar-refractivity contribution in [1.29, 1.82) is 10.8 Å². The molecule has 1 rings (SSSR count). The maximum Gasteiger partial charge on any atom is 0.248 e. The van der Waals surface area contributed by atoms with Gasteiger partial charge in [0.25, 0.3) is 0 Å². The Morgan fingerprint density at radius 3 is 2.60 bits per heavy atom. The molecule has 0 heterocycles. The maximum atomic E-state index is 12.3. The highest BCUT2D eigenvalue weighted by molar-refractivity contribution is 5.97. The lowest BCUT2D eigenvalue weighted by molar-refractivity contribution is -0.135. The summed E-state index contributed by atoms with van der Waals surface area (Å²) in [5.41, 5.74) is 6.81. The monoisotopic (exact) mass is 485 g/mol. The molecule has 0 bridgehead atoms. The number of allylic oxidation sites excluding steroid dienone is 2. The van der Waals surface area contributed by atoms with Crippen LogP contribution in [-0.4, -0.2) is 82.6 Å². The molecule has 0 fully saturated rings. The van der Waals surface area contributed by atoms with Crippen molar-refractivity contribution in [3.05, 3.63) is 66.3 Å². The number of carbonyl (C=O) groups excluding carboxylic acids is 1. The quantitative estimate of drug-likeness (QED) is 0.0971. The van der Waals surface area contributed by atoms with Gasteiger partial charge < -0.3 is 35.6 Å². The highest BCUT2D eigenvalue weighted by Gasteiger charge is 2.12. The van der Waals surface area contributed by atoms with Crippen LogP contribution in [0.3, 0.4) is 0 Å². The molecule has 0 aliphatic carbocycles. The first-order valence-electron chi connectivity index (χ1n) is 11.6. The van der Waals surface area contributed by atoms with Crippen molar-refractivity contribution < 1.29 is 19.0 Å². The Bertz CT molecular complexity index is 837. The lowest BCUT2D eigenvalue weighted by Gasteiger charge is -2.22. The maximum absolute atomic E-state index is 12.3. The van der Waals surface area contributed by atoms with Crippen molar-refractivity contribution in [2.45, 2.75) is 12.8 Å². The summed E-state index contributed by atoms with van der Waals surface area (Å²) in [6, 6.07) is 7.33. The number of rotatable bonds is 20. The minimum absolute atomic E-state index is 0.0153. The molecule has 0 spiro atoms. The van der Waals surface area contributed by atoms with Crippen molar-refractivity contribution >= 4 is 18.0 Å². The van der Waals surface area contributed by atoms with E-state index in [1.165, 1.54) is 19.4 Å². The summed E-state index contributed by atoms with van der Waals surface area (Å²) in [4.78, 5) is 14.1. The van der Waals surface area contributed by atoms with Gasteiger partial charge in [-0.05, 0) is 49.2 Å². The zero-order valence-electron chi connectivity index (χ0n) is 20.6. The van der Waals surface area contributed by atoms with E-state index in [2.05, 4.69) is 11.9 Å². The number of carbonyl (C=O) groups is 1. The molecule has 0 radical (unpaired) electrons. The lowest BCUT2D eigenvalue weighted by atomic mass is 10.2. The van der Waals surface area contributed by atoms with Gasteiger partial charge in [0, 0.05) is 45.1 Å². The van der Waals surface area contributed by atoms with E-state index in [1.54, 1.807) is 17.1 Å². The second-order valence-corrected chi connectivity index (χ2v) is 7.58. The molecule has 0 unspecified atom stereocenters. The molecule has 0 saturated heterocycles. The van der Waals surface area contributed by atoms with Gasteiger partial charge in [0.1, 0.15) is 18.2 Å². The van der Waals surface area contributed by atoms with Gasteiger partial charge in [0.05, 0.1) is 13.2 Å². The van der Waals surface area contributed by atoms with Gasteiger partial charge in [0.15, 0.2) is 0 Å². The molecule has 9 nitrogen and oxygen atoms in total. The molecule has 35 heavy (non-hydrogen) atoms. The Morgan fingerprint density at radius 2 is 1.94 bits per heavy atom. The van der Waals surface area contributed by atoms with Gasteiger partial charge >= 0.3 is 0 Å². The number of nitrogens with two attached hydrogens (primary N) is 1. The molecule has 0 atom stereocenters. The van der Waals surface area contributed by atoms with Crippen molar-refractivity contribution in [3.8, 4) is 5.75 Å². The number of amides is 1. The van der Waals surface area contributed by atoms with Crippen LogP contribution in [0.5, 0.6) is 5.75 Å². The summed E-state index contributed by atoms with van der Waals surface area (Å²) in [5.74, 6) is 0.690. The Kier molecular flexibility index (Phi) is 16.2. The highest BCUT2D eigenvalue weighted by Crippen LogP contribution is 2.11. The van der Waals surface area contributed by atoms with Crippen LogP contribution in [0.2, 0.25) is 0 Å². The number of methoxy groups -OCH3 is 1. The minimum Gasteiger partial charge on any atom is -0.494 e. The first-order valence-corrected chi connectivity index (χ1v) is 11.6. The molecule has 1 aromatic rings. The number of nitrogens with zero attached hydrogens (tertiary/aromatic N) is 1. The Balaban J connectivity index is 2.20. The first-order chi connectivity index (χ1) is 17.0. The third-order valence-electron chi connectivity index (χ3n) is 4.87. The largest absolute Gasteiger partial charge is 0.494 e. The van der Waals surface area contributed by atoms with Crippen LogP contribution in [0.1, 0.15) is 18.4 Å². The normalized spacial score (nSPS) is 11.4. The Labute approximate surface area is 208 Å². The van der Waals surface area contributed by atoms with Gasteiger partial charge in [-0.25, -0.2) is 0 Å². The molecule has 0 aliphatic heterocycles. The zero-order valence-corrected chi connectivity index (χ0v) is 20.6. The molecule has 192 valence electrons. The average molecular weight is 486 g/mol. The molecular formula is C26H39N5O4. The highest BCUT2D eigenvalue weighted by atomic mass is 16.5. The smallest absolute Gasteiger partial charge is 0.248 e. The third-order valence-corrected chi connectivity index (χ3v) is 4.87. The lowest BCUT2D eigenvalue weighted by Crippen LogP contribution is -2.40. The summed E-state index contributed by atoms with van der Waals surface area (Å²) in [6.07, 6.45) is 9.76. The van der Waals surface area contributed by atoms with Gasteiger partial charge in [-0.2, -0.15) is 0 Å². The van der Waals surface area contributed by atoms with Gasteiger partial charge in [0.2, 0.25) is 5.91 Å². The summed E-state index contributed by atoms with van der Waals surface area (Å²) in [6.45, 7) is 7.91. The summed E-state index contributed by atoms with van der Waals surface area (Å²) < 4.78 is 16.3. The fraction of sp³-hybridized carbons (Fsp3) is 0.423. The number of amidine groups is 1. The van der Waals surface area contributed by atoms with Crippen LogP contribution >= 0.6 is 0 Å². The molecule has 0 aromatic heterocycles. The van der Waals surface area contributed by atoms with Crippen LogP contribution in [0.15, 0.2) is 60.7 Å². The second-order valence-electron chi connectivity index (χ2n) is 7.58. The Morgan fingerprint density at radius 1 is 1.17 bits per heavy atom. The van der Waals surface area contributed by atoms with E-state index in [0.717, 1.165) is 24.3 Å². The van der Waals surface area contributed by atoms with Gasteiger partial charge in [-0.1, -0.05) is 30.9 Å². The predicted octanol–water partition coefficient (Wildman–Crippen LogP) is 2.53. The van der Waals surface area contributed by atoms with Crippen molar-refractivity contribution in [2.75, 3.05) is 59.7 Å². The molecular weight excluding hydrogens is 446 g/mol. The number of ether oxygens (including phenoxy) is 3. The van der Waals surface area contributed by atoms with Crippen molar-refractivity contribution in [3.63, 3.8) is 0 Å². The fourth-order valence-electron chi connectivity index (χ4n) is 2.97. The summed E-state index contributed by atoms with van der Waals surface area (Å²) in [7, 11) is 1.52. The van der Waals surface area contributed by atoms with Crippen LogP contribution in [0.25, 0.3) is 0 Å². The first kappa shape index (κ1) is 29.8. The van der Waals surface area contributed by atoms with Crippen molar-refractivity contribution in [1.82, 2.24) is 10.2 Å². The summed E-state index contributed by atoms with van der Waals surface area (Å²) >= 11 is 0. The van der Waals surface area contributed by atoms with E-state index in [0.29, 0.717) is 51.4 Å². The minimum atomic E-state index is -0.0433. The SMILES string of the molecule is C=C/C(=C\C=C/COCCCNCCN(CCCOc1ccc(C=N)cc1)C(=O)COC)C(=N)N. The molecule has 9 heteroatoms. The van der Waals surface area contributed by atoms with E-state index < -0.39 is 0 Å². The average Bonchev–Trinajstić information content (AvgIpc) is 2.86. The second kappa shape index (κ2) is 19.1. The van der Waals surface area contributed by atoms with Gasteiger partial charge in [-0.15, -0.1) is 0 Å². The number of benzene rings is 1. The fourth-order valence-corrected chi connectivity index (χ4v) is 2.97. The topological polar surface area (TPSA) is 134 Å². The van der Waals surface area contributed by atoms with Gasteiger partial charge in [-0.3, -0.25) is 10.2 Å². The predicted molar refractivity (Wildman–Crippen MR) is 141 cm³/mol. The standard InChI is InChI=1S/C26H39N5O4/c1-3-23(26(28)29)8-4-5-17-34-18-6-13-30-14-16-31(25(32)21-33-2)15-7-19-35-24-11-9-22(20-27)10-12-24/h3-5,8-12,20,27,30H,1,6-7,13-19,21H2,2H3,(H3,28,29)/b5-4-,23-8+,27-20?. The van der Waals surface area contributed by atoms with E-state index in [9.17, 15) is 4.79 Å². The molecule has 0 aliphatic rings. The summed E-state index contributed by atoms with van der Waals surface area (Å²) in [5, 5.41) is 17.9. The number of nitrogens with one attached hydrogen (secondary N) is 3. The van der Waals surface area contributed by atoms with E-state index in [-0.39, 0.29) is 18.3 Å². The van der Waals surface area contributed by atoms with E-state index in [4.69, 9.17) is 30.8 Å². The van der Waals surface area contributed by atoms with Crippen LogP contribution in [0.4, 0.5) is 0 Å². The molecule has 0 saturated carbocycles. The zero-order chi connectivity index (χ0) is 25.7. The van der Waals surface area contributed by atoms with Crippen molar-refractivity contribution in [2.24, 2.45) is 5.73 Å². The van der Waals surface area contributed by atoms with E-state index >= 15 is 0 Å². The van der Waals surface area contributed by atoms with Crippen LogP contribution < -0.4 is 15.8 Å². The molecule has 5 N–H and O–H groups in total. The number of hydrogen-bond acceptors (Lipinski definition) is 7. The molecule has 1 aromatic carbocycles. The number of hydrogen-bond donors (Lipinski definition) is 4.